The Bertz CT molecular complexity index is 1190. The van der Waals surface area contributed by atoms with Crippen LogP contribution in [-0.4, -0.2) is 36.6 Å². The van der Waals surface area contributed by atoms with Crippen LogP contribution in [0.3, 0.4) is 0 Å². The molecule has 4 rings (SSSR count). The van der Waals surface area contributed by atoms with Gasteiger partial charge in [0.2, 0.25) is 11.8 Å². The monoisotopic (exact) mass is 381 g/mol. The van der Waals surface area contributed by atoms with Crippen LogP contribution in [0.1, 0.15) is 18.7 Å². The Kier molecular flexibility index (Phi) is 4.44. The summed E-state index contributed by atoms with van der Waals surface area (Å²) in [5.74, 6) is 0.216. The number of aromatic amines is 1. The lowest BCUT2D eigenvalue weighted by atomic mass is 10.2. The lowest BCUT2D eigenvalue weighted by Crippen LogP contribution is -2.22. The second kappa shape index (κ2) is 7.06. The van der Waals surface area contributed by atoms with E-state index in [4.69, 9.17) is 4.74 Å². The molecular formula is C18H16FN7O2. The van der Waals surface area contributed by atoms with E-state index in [9.17, 15) is 9.18 Å². The van der Waals surface area contributed by atoms with Crippen molar-refractivity contribution in [2.45, 2.75) is 13.0 Å². The Morgan fingerprint density at radius 3 is 2.82 bits per heavy atom. The number of aromatic nitrogens is 6. The van der Waals surface area contributed by atoms with Gasteiger partial charge in [-0.05, 0) is 31.2 Å². The van der Waals surface area contributed by atoms with Gasteiger partial charge in [-0.3, -0.25) is 9.55 Å². The number of rotatable bonds is 5. The highest BCUT2D eigenvalue weighted by Crippen LogP contribution is 2.24. The summed E-state index contributed by atoms with van der Waals surface area (Å²) in [5.41, 5.74) is 1.62. The SMILES string of the molecule is COc1ncccc1Nc1ncc2[nH]c(=O)n([C@H](C)c3ccc(F)cn3)c2n1. The van der Waals surface area contributed by atoms with Gasteiger partial charge in [0.15, 0.2) is 5.65 Å². The fourth-order valence-corrected chi connectivity index (χ4v) is 2.87. The van der Waals surface area contributed by atoms with Crippen LogP contribution in [0.15, 0.2) is 47.7 Å². The molecule has 0 aliphatic heterocycles. The molecule has 0 fully saturated rings. The van der Waals surface area contributed by atoms with Crippen LogP contribution in [0.2, 0.25) is 0 Å². The van der Waals surface area contributed by atoms with E-state index in [2.05, 4.69) is 30.2 Å². The second-order valence-electron chi connectivity index (χ2n) is 5.99. The Morgan fingerprint density at radius 1 is 1.21 bits per heavy atom. The fourth-order valence-electron chi connectivity index (χ4n) is 2.87. The molecule has 10 heteroatoms. The van der Waals surface area contributed by atoms with Crippen molar-refractivity contribution in [3.63, 3.8) is 0 Å². The zero-order chi connectivity index (χ0) is 19.7. The van der Waals surface area contributed by atoms with Gasteiger partial charge in [-0.15, -0.1) is 0 Å². The fraction of sp³-hybridized carbons (Fsp3) is 0.167. The van der Waals surface area contributed by atoms with Gasteiger partial charge in [0, 0.05) is 6.20 Å². The molecule has 0 aromatic carbocycles. The number of nitrogens with zero attached hydrogens (tertiary/aromatic N) is 5. The molecule has 0 saturated carbocycles. The largest absolute Gasteiger partial charge is 0.480 e. The molecule has 0 aliphatic rings. The maximum Gasteiger partial charge on any atom is 0.328 e. The molecule has 0 bridgehead atoms. The van der Waals surface area contributed by atoms with Gasteiger partial charge in [0.05, 0.1) is 31.2 Å². The topological polar surface area (TPSA) is 111 Å². The number of nitrogens with one attached hydrogen (secondary N) is 2. The van der Waals surface area contributed by atoms with Crippen LogP contribution in [0.4, 0.5) is 16.0 Å². The first kappa shape index (κ1) is 17.6. The van der Waals surface area contributed by atoms with Gasteiger partial charge >= 0.3 is 5.69 Å². The molecule has 9 nitrogen and oxygen atoms in total. The summed E-state index contributed by atoms with van der Waals surface area (Å²) >= 11 is 0. The Hall–Kier alpha value is -3.82. The van der Waals surface area contributed by atoms with E-state index in [0.29, 0.717) is 28.4 Å². The van der Waals surface area contributed by atoms with Crippen molar-refractivity contribution in [1.29, 1.82) is 0 Å². The van der Waals surface area contributed by atoms with Gasteiger partial charge in [-0.1, -0.05) is 0 Å². The van der Waals surface area contributed by atoms with Crippen LogP contribution in [0.25, 0.3) is 11.2 Å². The van der Waals surface area contributed by atoms with E-state index >= 15 is 0 Å². The summed E-state index contributed by atoms with van der Waals surface area (Å²) < 4.78 is 19.8. The first-order valence-corrected chi connectivity index (χ1v) is 8.41. The zero-order valence-electron chi connectivity index (χ0n) is 15.0. The summed E-state index contributed by atoms with van der Waals surface area (Å²) in [6, 6.07) is 5.89. The second-order valence-corrected chi connectivity index (χ2v) is 5.99. The van der Waals surface area contributed by atoms with Crippen LogP contribution in [0, 0.1) is 5.82 Å². The average molecular weight is 381 g/mol. The van der Waals surface area contributed by atoms with Gasteiger partial charge in [0.25, 0.3) is 0 Å². The number of fused-ring (bicyclic) bond motifs is 1. The van der Waals surface area contributed by atoms with Crippen molar-refractivity contribution in [3.8, 4) is 5.88 Å². The van der Waals surface area contributed by atoms with Crippen LogP contribution >= 0.6 is 0 Å². The normalized spacial score (nSPS) is 12.1. The quantitative estimate of drug-likeness (QED) is 0.546. The third-order valence-electron chi connectivity index (χ3n) is 4.23. The standard InChI is InChI=1S/C18H16FN7O2/c1-10(12-6-5-11(19)8-21-12)26-15-14(24-18(26)27)9-22-17(25-15)23-13-4-3-7-20-16(13)28-2/h3-10H,1-2H3,(H,24,27)(H,22,23,25)/t10-/m1/s1. The minimum Gasteiger partial charge on any atom is -0.480 e. The predicted molar refractivity (Wildman–Crippen MR) is 100 cm³/mol. The predicted octanol–water partition coefficient (Wildman–Crippen LogP) is 2.41. The average Bonchev–Trinajstić information content (AvgIpc) is 3.03. The summed E-state index contributed by atoms with van der Waals surface area (Å²) in [4.78, 5) is 32.0. The van der Waals surface area contributed by atoms with Crippen LogP contribution < -0.4 is 15.7 Å². The van der Waals surface area contributed by atoms with E-state index in [1.165, 1.54) is 30.0 Å². The summed E-state index contributed by atoms with van der Waals surface area (Å²) in [5, 5.41) is 3.03. The Labute approximate surface area is 158 Å². The van der Waals surface area contributed by atoms with Crippen LogP contribution in [0.5, 0.6) is 5.88 Å². The molecule has 0 saturated heterocycles. The molecule has 0 unspecified atom stereocenters. The Morgan fingerprint density at radius 2 is 2.07 bits per heavy atom. The first-order valence-electron chi connectivity index (χ1n) is 8.41. The van der Waals surface area contributed by atoms with E-state index in [-0.39, 0.29) is 11.6 Å². The molecule has 142 valence electrons. The van der Waals surface area contributed by atoms with Crippen molar-refractivity contribution in [2.24, 2.45) is 0 Å². The highest BCUT2D eigenvalue weighted by molar-refractivity contribution is 5.72. The van der Waals surface area contributed by atoms with Crippen molar-refractivity contribution < 1.29 is 9.13 Å². The first-order chi connectivity index (χ1) is 13.6. The van der Waals surface area contributed by atoms with Gasteiger partial charge in [-0.25, -0.2) is 19.2 Å². The van der Waals surface area contributed by atoms with Crippen molar-refractivity contribution >= 4 is 22.8 Å². The minimum atomic E-state index is -0.461. The van der Waals surface area contributed by atoms with Crippen LogP contribution in [-0.2, 0) is 0 Å². The van der Waals surface area contributed by atoms with Gasteiger partial charge in [0.1, 0.15) is 17.0 Å². The number of hydrogen-bond acceptors (Lipinski definition) is 7. The number of methoxy groups -OCH3 is 1. The highest BCUT2D eigenvalue weighted by atomic mass is 19.1. The molecule has 1 atom stereocenters. The minimum absolute atomic E-state index is 0.269. The molecule has 0 spiro atoms. The third-order valence-corrected chi connectivity index (χ3v) is 4.23. The van der Waals surface area contributed by atoms with Crippen molar-refractivity contribution in [3.05, 3.63) is 64.9 Å². The van der Waals surface area contributed by atoms with Crippen molar-refractivity contribution in [2.75, 3.05) is 12.4 Å². The van der Waals surface area contributed by atoms with Gasteiger partial charge < -0.3 is 15.0 Å². The Balaban J connectivity index is 1.76. The number of hydrogen-bond donors (Lipinski definition) is 2. The van der Waals surface area contributed by atoms with E-state index in [0.717, 1.165) is 6.20 Å². The zero-order valence-corrected chi connectivity index (χ0v) is 15.0. The third kappa shape index (κ3) is 3.15. The number of halogens is 1. The molecule has 28 heavy (non-hydrogen) atoms. The van der Waals surface area contributed by atoms with E-state index < -0.39 is 11.9 Å². The van der Waals surface area contributed by atoms with Crippen molar-refractivity contribution in [1.82, 2.24) is 29.5 Å². The summed E-state index contributed by atoms with van der Waals surface area (Å²) in [6.45, 7) is 1.79. The summed E-state index contributed by atoms with van der Waals surface area (Å²) in [6.07, 6.45) is 4.23. The molecule has 4 heterocycles. The number of anilines is 2. The molecule has 4 aromatic rings. The highest BCUT2D eigenvalue weighted by Gasteiger charge is 2.18. The molecule has 0 aliphatic carbocycles. The number of H-pyrrole nitrogens is 1. The lowest BCUT2D eigenvalue weighted by molar-refractivity contribution is 0.400. The molecule has 4 aromatic heterocycles. The molecule has 0 amide bonds. The molecule has 2 N–H and O–H groups in total. The number of pyridine rings is 2. The lowest BCUT2D eigenvalue weighted by Gasteiger charge is -2.13. The smallest absolute Gasteiger partial charge is 0.328 e. The number of ether oxygens (including phenoxy) is 1. The number of imidazole rings is 1. The molecule has 0 radical (unpaired) electrons. The maximum atomic E-state index is 13.2. The molecular weight excluding hydrogens is 365 g/mol. The summed E-state index contributed by atoms with van der Waals surface area (Å²) in [7, 11) is 1.51. The maximum absolute atomic E-state index is 13.2. The van der Waals surface area contributed by atoms with E-state index in [1.54, 1.807) is 25.3 Å². The van der Waals surface area contributed by atoms with Gasteiger partial charge in [-0.2, -0.15) is 4.98 Å². The van der Waals surface area contributed by atoms with E-state index in [1.807, 2.05) is 0 Å².